The van der Waals surface area contributed by atoms with Crippen LogP contribution in [0.15, 0.2) is 42.5 Å². The quantitative estimate of drug-likeness (QED) is 0.837. The number of benzene rings is 2. The van der Waals surface area contributed by atoms with Crippen LogP contribution in [0.1, 0.15) is 43.8 Å². The molecule has 1 aliphatic heterocycles. The second-order valence-electron chi connectivity index (χ2n) is 6.82. The monoisotopic (exact) mass is 372 g/mol. The van der Waals surface area contributed by atoms with Crippen LogP contribution in [0.4, 0.5) is 0 Å². The minimum atomic E-state index is -0.110. The summed E-state index contributed by atoms with van der Waals surface area (Å²) in [4.78, 5) is 27.7. The number of nitrogens with two attached hydrogens (primary N) is 1. The lowest BCUT2D eigenvalue weighted by atomic mass is 9.95. The second-order valence-corrected chi connectivity index (χ2v) is 6.82. The molecule has 0 radical (unpaired) electrons. The molecule has 0 spiro atoms. The van der Waals surface area contributed by atoms with Crippen LogP contribution in [0.25, 0.3) is 0 Å². The van der Waals surface area contributed by atoms with E-state index in [0.29, 0.717) is 42.2 Å². The van der Waals surface area contributed by atoms with Crippen LogP contribution in [-0.2, 0) is 0 Å². The van der Waals surface area contributed by atoms with Gasteiger partial charge in [0.15, 0.2) is 5.78 Å². The van der Waals surface area contributed by atoms with Gasteiger partial charge in [0.25, 0.3) is 5.91 Å². The maximum Gasteiger partial charge on any atom is 0.254 e. The highest BCUT2D eigenvalue weighted by atomic mass is 35.5. The molecule has 1 heterocycles. The second kappa shape index (κ2) is 8.47. The number of likely N-dealkylation sites (tertiary alicyclic amines) is 1. The molecule has 1 saturated heterocycles. The third kappa shape index (κ3) is 3.97. The van der Waals surface area contributed by atoms with Crippen molar-refractivity contribution >= 4 is 24.1 Å². The van der Waals surface area contributed by atoms with Gasteiger partial charge in [-0.3, -0.25) is 9.59 Å². The molecule has 2 N–H and O–H groups in total. The first-order chi connectivity index (χ1) is 12.0. The summed E-state index contributed by atoms with van der Waals surface area (Å²) in [6.45, 7) is 5.96. The maximum atomic E-state index is 13.0. The van der Waals surface area contributed by atoms with Crippen LogP contribution < -0.4 is 5.73 Å². The molecule has 2 aromatic rings. The molecule has 1 unspecified atom stereocenters. The molecular formula is C21H25ClN2O2. The number of carbonyl (C=O) groups excluding carboxylic acids is 2. The van der Waals surface area contributed by atoms with Crippen LogP contribution in [-0.4, -0.2) is 36.2 Å². The van der Waals surface area contributed by atoms with E-state index < -0.39 is 0 Å². The molecule has 0 aliphatic carbocycles. The van der Waals surface area contributed by atoms with Crippen molar-refractivity contribution in [1.29, 1.82) is 0 Å². The van der Waals surface area contributed by atoms with E-state index in [9.17, 15) is 9.59 Å². The minimum Gasteiger partial charge on any atom is -0.338 e. The zero-order chi connectivity index (χ0) is 18.0. The van der Waals surface area contributed by atoms with Crippen molar-refractivity contribution < 1.29 is 9.59 Å². The van der Waals surface area contributed by atoms with Crippen molar-refractivity contribution in [3.63, 3.8) is 0 Å². The van der Waals surface area contributed by atoms with E-state index >= 15 is 0 Å². The summed E-state index contributed by atoms with van der Waals surface area (Å²) in [7, 11) is 0. The molecule has 4 nitrogen and oxygen atoms in total. The van der Waals surface area contributed by atoms with E-state index in [1.54, 1.807) is 24.3 Å². The summed E-state index contributed by atoms with van der Waals surface area (Å²) in [5.41, 5.74) is 9.49. The number of carbonyl (C=O) groups is 2. The molecule has 3 rings (SSSR count). The smallest absolute Gasteiger partial charge is 0.254 e. The lowest BCUT2D eigenvalue weighted by Gasteiger charge is -2.18. The number of aryl methyl sites for hydroxylation is 2. The van der Waals surface area contributed by atoms with Crippen LogP contribution in [0, 0.1) is 19.8 Å². The van der Waals surface area contributed by atoms with Crippen molar-refractivity contribution in [3.05, 3.63) is 70.3 Å². The minimum absolute atomic E-state index is 0. The highest BCUT2D eigenvalue weighted by Gasteiger charge is 2.28. The Bertz CT molecular complexity index is 819. The Hall–Kier alpha value is -2.17. The summed E-state index contributed by atoms with van der Waals surface area (Å²) in [6.07, 6.45) is 0.926. The summed E-state index contributed by atoms with van der Waals surface area (Å²) in [6, 6.07) is 12.7. The van der Waals surface area contributed by atoms with Crippen molar-refractivity contribution in [2.24, 2.45) is 11.7 Å². The number of nitrogens with zero attached hydrogens (tertiary/aromatic N) is 1. The lowest BCUT2D eigenvalue weighted by Crippen LogP contribution is -2.31. The Kier molecular flexibility index (Phi) is 6.57. The van der Waals surface area contributed by atoms with Crippen LogP contribution in [0.2, 0.25) is 0 Å². The Balaban J connectivity index is 0.00000243. The highest BCUT2D eigenvalue weighted by molar-refractivity contribution is 6.15. The molecule has 0 aromatic heterocycles. The predicted octanol–water partition coefficient (Wildman–Crippen LogP) is 3.38. The van der Waals surface area contributed by atoms with Gasteiger partial charge in [0, 0.05) is 24.2 Å². The van der Waals surface area contributed by atoms with Crippen LogP contribution in [0.5, 0.6) is 0 Å². The summed E-state index contributed by atoms with van der Waals surface area (Å²) >= 11 is 0. The van der Waals surface area contributed by atoms with Crippen LogP contribution in [0.3, 0.4) is 0 Å². The van der Waals surface area contributed by atoms with Gasteiger partial charge in [0.1, 0.15) is 0 Å². The molecule has 1 amide bonds. The normalized spacial score (nSPS) is 16.3. The molecule has 1 atom stereocenters. The van der Waals surface area contributed by atoms with E-state index in [0.717, 1.165) is 17.5 Å². The van der Waals surface area contributed by atoms with Gasteiger partial charge >= 0.3 is 0 Å². The largest absolute Gasteiger partial charge is 0.338 e. The average molecular weight is 373 g/mol. The summed E-state index contributed by atoms with van der Waals surface area (Å²) in [5, 5.41) is 0. The van der Waals surface area contributed by atoms with Gasteiger partial charge in [-0.1, -0.05) is 30.3 Å². The summed E-state index contributed by atoms with van der Waals surface area (Å²) in [5.74, 6) is 0.164. The molecule has 1 aliphatic rings. The fraction of sp³-hybridized carbons (Fsp3) is 0.333. The molecule has 5 heteroatoms. The molecule has 26 heavy (non-hydrogen) atoms. The molecule has 0 saturated carbocycles. The Morgan fingerprint density at radius 3 is 2.38 bits per heavy atom. The fourth-order valence-electron chi connectivity index (χ4n) is 3.29. The number of amides is 1. The highest BCUT2D eigenvalue weighted by Crippen LogP contribution is 2.22. The molecular weight excluding hydrogens is 348 g/mol. The maximum absolute atomic E-state index is 13.0. The third-order valence-corrected chi connectivity index (χ3v) is 5.08. The van der Waals surface area contributed by atoms with E-state index in [1.807, 2.05) is 36.9 Å². The number of rotatable bonds is 4. The zero-order valence-corrected chi connectivity index (χ0v) is 16.0. The van der Waals surface area contributed by atoms with Crippen molar-refractivity contribution in [3.8, 4) is 0 Å². The zero-order valence-electron chi connectivity index (χ0n) is 15.2. The van der Waals surface area contributed by atoms with Crippen molar-refractivity contribution in [2.45, 2.75) is 20.3 Å². The Labute approximate surface area is 160 Å². The SMILES string of the molecule is Cc1ccc(C(=O)c2ccccc2C(=O)N2CCC(CN)C2)cc1C.Cl. The third-order valence-electron chi connectivity index (χ3n) is 5.08. The van der Waals surface area contributed by atoms with Gasteiger partial charge in [0.05, 0.1) is 5.56 Å². The number of hydrogen-bond acceptors (Lipinski definition) is 3. The van der Waals surface area contributed by atoms with E-state index in [2.05, 4.69) is 0 Å². The molecule has 2 aromatic carbocycles. The average Bonchev–Trinajstić information content (AvgIpc) is 3.12. The van der Waals surface area contributed by atoms with E-state index in [4.69, 9.17) is 5.73 Å². The first-order valence-electron chi connectivity index (χ1n) is 8.71. The van der Waals surface area contributed by atoms with Crippen molar-refractivity contribution in [2.75, 3.05) is 19.6 Å². The van der Waals surface area contributed by atoms with Gasteiger partial charge < -0.3 is 10.6 Å². The molecule has 1 fully saturated rings. The number of ketones is 1. The van der Waals surface area contributed by atoms with Gasteiger partial charge in [-0.2, -0.15) is 0 Å². The predicted molar refractivity (Wildman–Crippen MR) is 106 cm³/mol. The Morgan fingerprint density at radius 2 is 1.77 bits per heavy atom. The van der Waals surface area contributed by atoms with E-state index in [-0.39, 0.29) is 24.1 Å². The number of hydrogen-bond donors (Lipinski definition) is 1. The summed E-state index contributed by atoms with van der Waals surface area (Å²) < 4.78 is 0. The van der Waals surface area contributed by atoms with Crippen molar-refractivity contribution in [1.82, 2.24) is 4.90 Å². The molecule has 0 bridgehead atoms. The standard InChI is InChI=1S/C21H24N2O2.ClH/c1-14-7-8-17(11-15(14)2)20(24)18-5-3-4-6-19(18)21(25)23-10-9-16(12-22)13-23;/h3-8,11,16H,9-10,12-13,22H2,1-2H3;1H. The topological polar surface area (TPSA) is 63.4 Å². The van der Waals surface area contributed by atoms with Gasteiger partial charge in [-0.15, -0.1) is 12.4 Å². The lowest BCUT2D eigenvalue weighted by molar-refractivity contribution is 0.0783. The first kappa shape index (κ1) is 20.1. The Morgan fingerprint density at radius 1 is 1.08 bits per heavy atom. The van der Waals surface area contributed by atoms with Gasteiger partial charge in [-0.25, -0.2) is 0 Å². The van der Waals surface area contributed by atoms with Crippen LogP contribution >= 0.6 is 12.4 Å². The van der Waals surface area contributed by atoms with Gasteiger partial charge in [0.2, 0.25) is 0 Å². The first-order valence-corrected chi connectivity index (χ1v) is 8.71. The number of halogens is 1. The fourth-order valence-corrected chi connectivity index (χ4v) is 3.29. The van der Waals surface area contributed by atoms with Gasteiger partial charge in [-0.05, 0) is 56.0 Å². The molecule has 138 valence electrons. The van der Waals surface area contributed by atoms with E-state index in [1.165, 1.54) is 0 Å².